The molecule has 402 valence electrons. The molecule has 18 heteroatoms. The second-order valence-corrected chi connectivity index (χ2v) is 17.8. The van der Waals surface area contributed by atoms with Crippen LogP contribution in [0.1, 0.15) is 95.9 Å². The highest BCUT2D eigenvalue weighted by molar-refractivity contribution is 5.88. The third kappa shape index (κ3) is 18.9. The average Bonchev–Trinajstić information content (AvgIpc) is 3.37. The summed E-state index contributed by atoms with van der Waals surface area (Å²) in [5, 5.41) is 0. The second-order valence-electron chi connectivity index (χ2n) is 17.8. The zero-order valence-electron chi connectivity index (χ0n) is 40.9. The maximum Gasteiger partial charge on any atom is 0.426 e. The number of alkyl halides is 10. The van der Waals surface area contributed by atoms with Gasteiger partial charge in [-0.2, -0.15) is 43.9 Å². The Bertz CT molecular complexity index is 2700. The van der Waals surface area contributed by atoms with Gasteiger partial charge in [0.2, 0.25) is 0 Å². The maximum absolute atomic E-state index is 15.1. The van der Waals surface area contributed by atoms with E-state index in [9.17, 15) is 35.9 Å². The molecule has 76 heavy (non-hydrogen) atoms. The molecule has 0 aliphatic heterocycles. The molecule has 6 aromatic carbocycles. The normalized spacial score (nSPS) is 12.3. The molecule has 0 heterocycles. The molecular weight excluding hydrogens is 1010 g/mol. The molecule has 0 bridgehead atoms. The minimum atomic E-state index is -4.19. The largest absolute Gasteiger partial charge is 0.458 e. The summed E-state index contributed by atoms with van der Waals surface area (Å²) in [7, 11) is 0. The summed E-state index contributed by atoms with van der Waals surface area (Å²) in [4.78, 5) is 25.8. The van der Waals surface area contributed by atoms with Gasteiger partial charge in [0.25, 0.3) is 0 Å². The number of aryl methyl sites for hydroxylation is 2. The van der Waals surface area contributed by atoms with Gasteiger partial charge in [-0.05, 0) is 168 Å². The van der Waals surface area contributed by atoms with Crippen LogP contribution in [0.3, 0.4) is 0 Å². The Labute approximate surface area is 432 Å². The van der Waals surface area contributed by atoms with Crippen LogP contribution in [-0.4, -0.2) is 24.3 Å². The second kappa shape index (κ2) is 26.1. The number of carbonyl (C=O) groups excluding carboxylic acids is 2. The molecular formula is C58H54F10N2O6. The van der Waals surface area contributed by atoms with Crippen LogP contribution in [0.4, 0.5) is 55.3 Å². The van der Waals surface area contributed by atoms with E-state index in [0.717, 1.165) is 47.5 Å². The van der Waals surface area contributed by atoms with Crippen LogP contribution >= 0.6 is 0 Å². The zero-order chi connectivity index (χ0) is 54.9. The summed E-state index contributed by atoms with van der Waals surface area (Å²) in [5.74, 6) is -1.72. The fraction of sp³-hybridized carbons (Fsp3) is 0.276. The molecule has 0 spiro atoms. The smallest absolute Gasteiger partial charge is 0.426 e. The van der Waals surface area contributed by atoms with E-state index < -0.39 is 60.5 Å². The molecule has 0 aliphatic rings. The quantitative estimate of drug-likeness (QED) is 0.0191. The molecule has 4 N–H and O–H groups in total. The highest BCUT2D eigenvalue weighted by Crippen LogP contribution is 2.35. The first-order chi connectivity index (χ1) is 36.0. The van der Waals surface area contributed by atoms with E-state index in [2.05, 4.69) is 0 Å². The van der Waals surface area contributed by atoms with Gasteiger partial charge in [-0.25, -0.2) is 9.59 Å². The Morgan fingerprint density at radius 3 is 1.13 bits per heavy atom. The van der Waals surface area contributed by atoms with Gasteiger partial charge in [-0.1, -0.05) is 73.5 Å². The number of halogens is 10. The minimum Gasteiger partial charge on any atom is -0.458 e. The number of hydrogen-bond donors (Lipinski definition) is 2. The molecule has 0 atom stereocenters. The highest BCUT2D eigenvalue weighted by atomic mass is 19.4. The lowest BCUT2D eigenvalue weighted by Gasteiger charge is -2.18. The van der Waals surface area contributed by atoms with Gasteiger partial charge in [0.1, 0.15) is 24.7 Å². The molecule has 0 saturated carbocycles. The summed E-state index contributed by atoms with van der Waals surface area (Å²) in [6.07, 6.45) is -9.63. The van der Waals surface area contributed by atoms with Crippen molar-refractivity contribution >= 4 is 35.5 Å². The third-order valence-electron chi connectivity index (χ3n) is 11.8. The first-order valence-electron chi connectivity index (χ1n) is 24.1. The predicted octanol–water partition coefficient (Wildman–Crippen LogP) is 15.6. The van der Waals surface area contributed by atoms with Crippen LogP contribution in [0.2, 0.25) is 0 Å². The van der Waals surface area contributed by atoms with Crippen molar-refractivity contribution in [3.05, 3.63) is 190 Å². The zero-order valence-corrected chi connectivity index (χ0v) is 40.9. The van der Waals surface area contributed by atoms with Crippen molar-refractivity contribution in [3.8, 4) is 22.6 Å². The van der Waals surface area contributed by atoms with E-state index >= 15 is 17.6 Å². The van der Waals surface area contributed by atoms with Crippen molar-refractivity contribution in [1.29, 1.82) is 0 Å². The summed E-state index contributed by atoms with van der Waals surface area (Å²) < 4.78 is 155. The lowest BCUT2D eigenvalue weighted by atomic mass is 9.95. The SMILES string of the molecule is Nc1ccc(-c2ccc(N)cc2COC(=O)/C=C/c2ccc(C(F)(F)Oc3ccc(CCCCCC(F)(F)F)cc3)cc2)c(COC(=O)/C=C/c2ccc(C(F)(F)Oc3ccc(CCCCCC(F)(F)F)cc3)cc2)c1. The van der Waals surface area contributed by atoms with Gasteiger partial charge in [0, 0.05) is 36.4 Å². The van der Waals surface area contributed by atoms with Gasteiger partial charge in [-0.3, -0.25) is 0 Å². The molecule has 6 aromatic rings. The summed E-state index contributed by atoms with van der Waals surface area (Å²) in [6.45, 7) is -0.487. The number of unbranched alkanes of at least 4 members (excludes halogenated alkanes) is 4. The molecule has 0 aromatic heterocycles. The summed E-state index contributed by atoms with van der Waals surface area (Å²) in [6, 6.07) is 31.8. The molecule has 0 unspecified atom stereocenters. The lowest BCUT2D eigenvalue weighted by molar-refractivity contribution is -0.186. The predicted molar refractivity (Wildman–Crippen MR) is 270 cm³/mol. The van der Waals surface area contributed by atoms with E-state index in [0.29, 0.717) is 83.3 Å². The van der Waals surface area contributed by atoms with Crippen molar-refractivity contribution in [2.24, 2.45) is 0 Å². The van der Waals surface area contributed by atoms with Crippen LogP contribution in [0.15, 0.2) is 146 Å². The molecule has 0 amide bonds. The van der Waals surface area contributed by atoms with Gasteiger partial charge in [0.15, 0.2) is 0 Å². The summed E-state index contributed by atoms with van der Waals surface area (Å²) in [5.41, 5.74) is 16.5. The maximum atomic E-state index is 15.1. The van der Waals surface area contributed by atoms with Crippen molar-refractivity contribution in [2.75, 3.05) is 11.5 Å². The summed E-state index contributed by atoms with van der Waals surface area (Å²) >= 11 is 0. The van der Waals surface area contributed by atoms with Crippen LogP contribution < -0.4 is 20.9 Å². The molecule has 8 nitrogen and oxygen atoms in total. The number of benzene rings is 6. The van der Waals surface area contributed by atoms with E-state index in [1.54, 1.807) is 60.7 Å². The van der Waals surface area contributed by atoms with Gasteiger partial charge >= 0.3 is 36.5 Å². The molecule has 0 aliphatic carbocycles. The third-order valence-corrected chi connectivity index (χ3v) is 11.8. The number of esters is 2. The Hall–Kier alpha value is -7.76. The van der Waals surface area contributed by atoms with E-state index in [4.69, 9.17) is 30.4 Å². The lowest BCUT2D eigenvalue weighted by Crippen LogP contribution is -2.21. The molecule has 0 radical (unpaired) electrons. The van der Waals surface area contributed by atoms with Crippen molar-refractivity contribution in [3.63, 3.8) is 0 Å². The number of ether oxygens (including phenoxy) is 4. The van der Waals surface area contributed by atoms with Crippen molar-refractivity contribution in [2.45, 2.75) is 102 Å². The van der Waals surface area contributed by atoms with Crippen LogP contribution in [0.25, 0.3) is 23.3 Å². The van der Waals surface area contributed by atoms with Crippen LogP contribution in [-0.2, 0) is 57.3 Å². The monoisotopic (exact) mass is 1060 g/mol. The number of hydrogen-bond acceptors (Lipinski definition) is 8. The van der Waals surface area contributed by atoms with Gasteiger partial charge in [-0.15, -0.1) is 0 Å². The number of carbonyl (C=O) groups is 2. The highest BCUT2D eigenvalue weighted by Gasteiger charge is 2.35. The first-order valence-corrected chi connectivity index (χ1v) is 24.1. The average molecular weight is 1070 g/mol. The molecule has 0 saturated heterocycles. The fourth-order valence-electron chi connectivity index (χ4n) is 7.82. The Morgan fingerprint density at radius 2 is 0.789 bits per heavy atom. The Kier molecular flexibility index (Phi) is 19.8. The first kappa shape index (κ1) is 57.5. The minimum absolute atomic E-state index is 0.0238. The number of rotatable bonds is 25. The van der Waals surface area contributed by atoms with Gasteiger partial charge < -0.3 is 30.4 Å². The number of nitrogens with two attached hydrogens (primary N) is 2. The molecule has 6 rings (SSSR count). The molecule has 0 fully saturated rings. The number of anilines is 2. The Morgan fingerprint density at radius 1 is 0.434 bits per heavy atom. The van der Waals surface area contributed by atoms with Crippen molar-refractivity contribution < 1.29 is 72.4 Å². The number of nitrogen functional groups attached to an aromatic ring is 2. The van der Waals surface area contributed by atoms with E-state index in [1.165, 1.54) is 60.7 Å². The van der Waals surface area contributed by atoms with E-state index in [1.807, 2.05) is 0 Å². The fourth-order valence-corrected chi connectivity index (χ4v) is 7.82. The van der Waals surface area contributed by atoms with Gasteiger partial charge in [0.05, 0.1) is 11.1 Å². The van der Waals surface area contributed by atoms with Crippen molar-refractivity contribution in [1.82, 2.24) is 0 Å². The standard InChI is InChI=1S/C58H54F10N2O6/c59-55(60,61)33-5-1-3-7-39-13-25-49(26-14-39)75-57(65,66)45-19-9-41(10-20-45)17-31-53(71)73-37-43-35-47(69)23-29-51(43)52-30-24-48(70)36-44(52)38-74-54(72)32-18-42-11-21-46(22-12-42)58(67,68)76-50-27-15-40(16-28-50)8-4-2-6-34-56(62,63)64/h9-32,35-36H,1-8,33-34,37-38,69-70H2/b31-17+,32-18+. The Balaban J connectivity index is 0.982. The topological polar surface area (TPSA) is 123 Å². The van der Waals surface area contributed by atoms with E-state index in [-0.39, 0.29) is 37.6 Å². The van der Waals surface area contributed by atoms with Crippen LogP contribution in [0, 0.1) is 0 Å². The van der Waals surface area contributed by atoms with Crippen LogP contribution in [0.5, 0.6) is 11.5 Å².